The van der Waals surface area contributed by atoms with Crippen LogP contribution in [-0.2, 0) is 0 Å². The second kappa shape index (κ2) is 2.59. The Labute approximate surface area is 66.7 Å². The molecule has 0 amide bonds. The first-order valence-corrected chi connectivity index (χ1v) is 4.45. The zero-order valence-corrected chi connectivity index (χ0v) is 6.58. The van der Waals surface area contributed by atoms with E-state index in [4.69, 9.17) is 0 Å². The molecule has 1 atom stereocenters. The van der Waals surface area contributed by atoms with E-state index in [1.54, 1.807) is 11.8 Å². The maximum atomic E-state index is 3.72. The van der Waals surface area contributed by atoms with E-state index >= 15 is 0 Å². The molecule has 51 valence electrons. The van der Waals surface area contributed by atoms with Crippen molar-refractivity contribution in [1.82, 2.24) is 14.9 Å². The highest BCUT2D eigenvalue weighted by Gasteiger charge is 2.14. The normalized spacial score (nSPS) is 23.0. The minimum atomic E-state index is 0.292. The van der Waals surface area contributed by atoms with Crippen molar-refractivity contribution in [1.29, 1.82) is 0 Å². The van der Waals surface area contributed by atoms with Gasteiger partial charge in [-0.3, -0.25) is 0 Å². The number of nitrogens with zero attached hydrogens (tertiary/aromatic N) is 2. The third kappa shape index (κ3) is 1.02. The minimum absolute atomic E-state index is 0.292. The summed E-state index contributed by atoms with van der Waals surface area (Å²) < 4.78 is 3.72. The van der Waals surface area contributed by atoms with Crippen molar-refractivity contribution in [3.05, 3.63) is 22.7 Å². The zero-order valence-electron chi connectivity index (χ0n) is 4.94. The molecule has 0 saturated carbocycles. The Bertz CT molecular complexity index is 223. The first kappa shape index (κ1) is 6.18. The topological polar surface area (TPSA) is 37.8 Å². The van der Waals surface area contributed by atoms with Crippen LogP contribution in [0.1, 0.15) is 10.3 Å². The average Bonchev–Trinajstić information content (AvgIpc) is 2.59. The molecule has 0 fully saturated rings. The summed E-state index contributed by atoms with van der Waals surface area (Å²) in [5.74, 6) is 0. The lowest BCUT2D eigenvalue weighted by molar-refractivity contribution is 0.874. The molecule has 2 heterocycles. The highest BCUT2D eigenvalue weighted by Crippen LogP contribution is 2.31. The summed E-state index contributed by atoms with van der Waals surface area (Å²) in [6, 6.07) is 0. The molecule has 1 aromatic heterocycles. The summed E-state index contributed by atoms with van der Waals surface area (Å²) in [6.45, 7) is 0. The van der Waals surface area contributed by atoms with Crippen LogP contribution in [0.25, 0.3) is 0 Å². The predicted octanol–water partition coefficient (Wildman–Crippen LogP) is 1.14. The van der Waals surface area contributed by atoms with Gasteiger partial charge in [-0.15, -0.1) is 16.9 Å². The molecule has 10 heavy (non-hydrogen) atoms. The van der Waals surface area contributed by atoms with Gasteiger partial charge in [-0.25, -0.2) is 0 Å². The maximum Gasteiger partial charge on any atom is 0.133 e. The van der Waals surface area contributed by atoms with E-state index in [9.17, 15) is 0 Å². The van der Waals surface area contributed by atoms with E-state index in [1.165, 1.54) is 11.5 Å². The molecule has 1 aromatic rings. The molecular weight excluding hydrogens is 166 g/mol. The quantitative estimate of drug-likeness (QED) is 0.686. The average molecular weight is 170 g/mol. The Balaban J connectivity index is 2.14. The fourth-order valence-electron chi connectivity index (χ4n) is 0.682. The van der Waals surface area contributed by atoms with Crippen LogP contribution in [0, 0.1) is 6.20 Å². The maximum absolute atomic E-state index is 3.72. The molecule has 1 aliphatic heterocycles. The molecule has 5 heteroatoms. The van der Waals surface area contributed by atoms with E-state index in [0.717, 1.165) is 4.88 Å². The first-order chi connectivity index (χ1) is 4.97. The molecule has 0 aliphatic carbocycles. The third-order valence-corrected chi connectivity index (χ3v) is 2.88. The monoisotopic (exact) mass is 170 g/mol. The van der Waals surface area contributed by atoms with Crippen LogP contribution in [0.5, 0.6) is 0 Å². The Hall–Kier alpha value is -0.550. The van der Waals surface area contributed by atoms with Gasteiger partial charge in [-0.05, 0) is 16.9 Å². The van der Waals surface area contributed by atoms with E-state index in [1.807, 2.05) is 11.6 Å². The summed E-state index contributed by atoms with van der Waals surface area (Å²) in [4.78, 5) is 1.05. The molecule has 0 aromatic carbocycles. The fourth-order valence-corrected chi connectivity index (χ4v) is 2.04. The van der Waals surface area contributed by atoms with Crippen LogP contribution < -0.4 is 5.32 Å². The molecule has 0 bridgehead atoms. The van der Waals surface area contributed by atoms with Crippen molar-refractivity contribution >= 4 is 23.3 Å². The van der Waals surface area contributed by atoms with Crippen molar-refractivity contribution in [2.24, 2.45) is 0 Å². The van der Waals surface area contributed by atoms with Gasteiger partial charge in [-0.1, -0.05) is 4.49 Å². The first-order valence-electron chi connectivity index (χ1n) is 2.73. The molecule has 1 N–H and O–H groups in total. The molecular formula is C5H4N3S2. The van der Waals surface area contributed by atoms with Crippen LogP contribution in [0.4, 0.5) is 0 Å². The Morgan fingerprint density at radius 3 is 3.30 bits per heavy atom. The second-order valence-electron chi connectivity index (χ2n) is 1.73. The highest BCUT2D eigenvalue weighted by molar-refractivity contribution is 8.02. The van der Waals surface area contributed by atoms with Crippen LogP contribution in [0.15, 0.2) is 11.6 Å². The molecule has 2 rings (SSSR count). The van der Waals surface area contributed by atoms with Crippen molar-refractivity contribution in [2.45, 2.75) is 5.37 Å². The number of rotatable bonds is 1. The van der Waals surface area contributed by atoms with Gasteiger partial charge in [0, 0.05) is 6.20 Å². The van der Waals surface area contributed by atoms with Gasteiger partial charge in [0.2, 0.25) is 0 Å². The van der Waals surface area contributed by atoms with Gasteiger partial charge >= 0.3 is 0 Å². The lowest BCUT2D eigenvalue weighted by atomic mass is 10.5. The number of nitrogens with one attached hydrogen (secondary N) is 1. The zero-order chi connectivity index (χ0) is 6.81. The van der Waals surface area contributed by atoms with Crippen LogP contribution in [0.3, 0.4) is 0 Å². The largest absolute Gasteiger partial charge is 0.374 e. The third-order valence-electron chi connectivity index (χ3n) is 1.11. The van der Waals surface area contributed by atoms with Gasteiger partial charge < -0.3 is 5.32 Å². The number of hydrogen-bond donors (Lipinski definition) is 1. The lowest BCUT2D eigenvalue weighted by Crippen LogP contribution is -2.04. The van der Waals surface area contributed by atoms with Crippen molar-refractivity contribution in [3.63, 3.8) is 0 Å². The number of aromatic nitrogens is 2. The number of thioether (sulfide) groups is 1. The molecule has 1 aliphatic rings. The van der Waals surface area contributed by atoms with Gasteiger partial charge in [0.15, 0.2) is 0 Å². The summed E-state index contributed by atoms with van der Waals surface area (Å²) >= 11 is 3.09. The second-order valence-corrected chi connectivity index (χ2v) is 3.54. The van der Waals surface area contributed by atoms with Gasteiger partial charge in [0.1, 0.15) is 11.6 Å². The molecule has 0 saturated heterocycles. The summed E-state index contributed by atoms with van der Waals surface area (Å²) in [7, 11) is 0. The van der Waals surface area contributed by atoms with Crippen molar-refractivity contribution in [2.75, 3.05) is 0 Å². The van der Waals surface area contributed by atoms with Crippen LogP contribution in [-0.4, -0.2) is 9.59 Å². The summed E-state index contributed by atoms with van der Waals surface area (Å²) in [5, 5.41) is 9.07. The number of hydrogen-bond acceptors (Lipinski definition) is 5. The SMILES string of the molecule is [c]1nnsc1C1NC=CS1. The van der Waals surface area contributed by atoms with Gasteiger partial charge in [0.25, 0.3) is 0 Å². The molecule has 1 radical (unpaired) electrons. The molecule has 0 spiro atoms. The predicted molar refractivity (Wildman–Crippen MR) is 41.4 cm³/mol. The van der Waals surface area contributed by atoms with E-state index in [0.29, 0.717) is 5.37 Å². The Morgan fingerprint density at radius 1 is 1.70 bits per heavy atom. The molecule has 1 unspecified atom stereocenters. The minimum Gasteiger partial charge on any atom is -0.374 e. The van der Waals surface area contributed by atoms with Gasteiger partial charge in [-0.2, -0.15) is 0 Å². The summed E-state index contributed by atoms with van der Waals surface area (Å²) in [6.07, 6.45) is 4.73. The van der Waals surface area contributed by atoms with Gasteiger partial charge in [0.05, 0.1) is 4.88 Å². The van der Waals surface area contributed by atoms with Crippen LogP contribution >= 0.6 is 23.3 Å². The Morgan fingerprint density at radius 2 is 2.70 bits per heavy atom. The van der Waals surface area contributed by atoms with Crippen LogP contribution in [0.2, 0.25) is 0 Å². The summed E-state index contributed by atoms with van der Waals surface area (Å²) in [5.41, 5.74) is 0. The molecule has 3 nitrogen and oxygen atoms in total. The van der Waals surface area contributed by atoms with Crippen molar-refractivity contribution in [3.8, 4) is 0 Å². The highest BCUT2D eigenvalue weighted by atomic mass is 32.2. The fraction of sp³-hybridized carbons (Fsp3) is 0.200. The van der Waals surface area contributed by atoms with E-state index in [-0.39, 0.29) is 0 Å². The van der Waals surface area contributed by atoms with Crippen molar-refractivity contribution < 1.29 is 0 Å². The lowest BCUT2D eigenvalue weighted by Gasteiger charge is -2.03. The smallest absolute Gasteiger partial charge is 0.133 e. The Kier molecular flexibility index (Phi) is 1.60. The van der Waals surface area contributed by atoms with E-state index in [2.05, 4.69) is 21.1 Å². The van der Waals surface area contributed by atoms with E-state index < -0.39 is 0 Å². The standard InChI is InChI=1S/C5H4N3S2/c1-2-9-5(6-1)4-3-7-8-10-4/h1-2,5-6H.